The molecule has 0 saturated carbocycles. The first-order chi connectivity index (χ1) is 35.4. The zero-order valence-corrected chi connectivity index (χ0v) is 94.1. The molecule has 0 aliphatic rings. The Hall–Kier alpha value is 11.9. The molecule has 0 amide bonds. The monoisotopic (exact) mass is 1950 g/mol. The fraction of sp³-hybridized carbons (Fsp3) is 0. The van der Waals surface area contributed by atoms with Crippen LogP contribution in [0.2, 0.25) is 0 Å². The van der Waals surface area contributed by atoms with Gasteiger partial charge in [-0.15, -0.1) is 0 Å². The molecule has 50 nitrogen and oxygen atoms in total. The Morgan fingerprint density at radius 2 is 0.0737 bits per heavy atom. The summed E-state index contributed by atoms with van der Waals surface area (Å²) in [4.78, 5) is 209. The number of carbonyl (C=O) groups is 25. The van der Waals surface area contributed by atoms with E-state index in [1.165, 1.54) is 0 Å². The van der Waals surface area contributed by atoms with Gasteiger partial charge in [-0.2, -0.15) is 0 Å². The summed E-state index contributed by atoms with van der Waals surface area (Å²) in [5.74, 6) is 0. The van der Waals surface area contributed by atoms with Gasteiger partial charge in [0.05, 0.1) is 0 Å². The fourth-order valence-corrected chi connectivity index (χ4v) is 0. The molecule has 0 rings (SSSR count). The van der Waals surface area contributed by atoms with E-state index >= 15 is 0 Å². The normalized spacial score (nSPS) is 3.16. The summed E-state index contributed by atoms with van der Waals surface area (Å²) >= 11 is 0. The van der Waals surface area contributed by atoms with Gasteiger partial charge >= 0.3 is 755 Å². The van der Waals surface area contributed by atoms with Crippen molar-refractivity contribution < 1.29 is 248 Å². The van der Waals surface area contributed by atoms with E-state index in [9.17, 15) is 0 Å². The Kier molecular flexibility index (Phi) is 2820. The predicted molar refractivity (Wildman–Crippen MR) is 332 cm³/mol. The van der Waals surface area contributed by atoms with E-state index in [2.05, 4.69) is 0 Å². The van der Waals surface area contributed by atoms with Crippen molar-refractivity contribution in [2.24, 2.45) is 0 Å². The smallest absolute Gasteiger partial charge is 0.483 e. The SMILES string of the molecule is O=CO.O=CO.O=CO.O=CO.O=CO.O=CO.O=CO.O=CO.O=CO.O=CO.O=CO.O=CO.O=CO.O=CO.O=CO.O=CO.O=CO.O=CO.O=CO.O=CO.O=CO.O=CO.O=CO.O=CO.O=CO.[Ca+2].[Ca+2].[Ca+2].[Ca+2].[Ca+2].[Ca+2].[Ca+2].[Ca+2].[Ca+2].[Ca+2].[Ca+2].[Ca+2].[Ca+2].[Ca+2].[Ca+2].[Ca+2].[Ca+2].[Ca+2].[Ca+2].[Ca+2]. The molecular weight excluding hydrogens is 1900 g/mol. The van der Waals surface area contributed by atoms with Crippen LogP contribution in [0.15, 0.2) is 0 Å². The summed E-state index contributed by atoms with van der Waals surface area (Å²) in [5, 5.41) is 172. The molecule has 25 N–H and O–H groups in total. The third-order valence-electron chi connectivity index (χ3n) is 0. The molecule has 0 atom stereocenters. The van der Waals surface area contributed by atoms with Gasteiger partial charge in [0.15, 0.2) is 0 Å². The molecule has 450 valence electrons. The van der Waals surface area contributed by atoms with E-state index < -0.39 is 0 Å². The number of carboxylic acid groups (broad SMARTS) is 25. The summed E-state index contributed by atoms with van der Waals surface area (Å²) in [6.45, 7) is -6.25. The molecule has 70 heteroatoms. The van der Waals surface area contributed by atoms with Gasteiger partial charge < -0.3 is 128 Å². The molecule has 0 aliphatic heterocycles. The van der Waals surface area contributed by atoms with Crippen molar-refractivity contribution in [1.29, 1.82) is 0 Å². The standard InChI is InChI=1S/25CH2O2.20Ca/c25*2-1-3;;;;;;;;;;;;;;;;;;;;/h25*1H,(H,2,3);;;;;;;;;;;;;;;;;;;;/q;;;;;;;;;;;;;;;;;;;;;;;;;20*+2. The van der Waals surface area contributed by atoms with Crippen LogP contribution in [0.4, 0.5) is 0 Å². The second-order valence-electron chi connectivity index (χ2n) is 2.64. The fourth-order valence-electron chi connectivity index (χ4n) is 0. The molecule has 0 aliphatic carbocycles. The molecule has 0 unspecified atom stereocenters. The summed E-state index contributed by atoms with van der Waals surface area (Å²) in [6.07, 6.45) is 0. The third kappa shape index (κ3) is 8020. The first kappa shape index (κ1) is 313. The molecule has 0 bridgehead atoms. The van der Waals surface area contributed by atoms with Crippen LogP contribution in [0.3, 0.4) is 0 Å². The van der Waals surface area contributed by atoms with Gasteiger partial charge in [-0.3, -0.25) is 120 Å². The first-order valence-electron chi connectivity index (χ1n) is 12.3. The average molecular weight is 1950 g/mol. The van der Waals surface area contributed by atoms with Gasteiger partial charge in [0.2, 0.25) is 0 Å². The first-order valence-corrected chi connectivity index (χ1v) is 12.3. The van der Waals surface area contributed by atoms with Crippen molar-refractivity contribution in [2.45, 2.75) is 0 Å². The predicted octanol–water partition coefficient (Wildman–Crippen LogP) is -15.1. The molecule has 0 radical (unpaired) electrons. The van der Waals surface area contributed by atoms with Crippen molar-refractivity contribution >= 4 is 917 Å². The second-order valence-corrected chi connectivity index (χ2v) is 2.64. The topological polar surface area (TPSA) is 933 Å². The average Bonchev–Trinajstić information content (AvgIpc) is 3.28. The van der Waals surface area contributed by atoms with Crippen LogP contribution >= 0.6 is 0 Å². The third-order valence-corrected chi connectivity index (χ3v) is 0. The van der Waals surface area contributed by atoms with Crippen LogP contribution in [0.5, 0.6) is 0 Å². The van der Waals surface area contributed by atoms with Crippen LogP contribution in [-0.4, -0.2) is 1040 Å². The molecule has 0 saturated heterocycles. The summed E-state index contributed by atoms with van der Waals surface area (Å²) in [6, 6.07) is 0. The molecule has 0 spiro atoms. The minimum absolute atomic E-state index is 0. The van der Waals surface area contributed by atoms with E-state index in [0.29, 0.717) is 0 Å². The van der Waals surface area contributed by atoms with Crippen molar-refractivity contribution in [2.75, 3.05) is 0 Å². The number of hydrogen-bond donors (Lipinski definition) is 25. The van der Waals surface area contributed by atoms with E-state index in [1.807, 2.05) is 0 Å². The van der Waals surface area contributed by atoms with Crippen molar-refractivity contribution in [3.63, 3.8) is 0 Å². The van der Waals surface area contributed by atoms with Crippen LogP contribution in [0.1, 0.15) is 0 Å². The maximum atomic E-state index is 8.36. The van der Waals surface area contributed by atoms with Gasteiger partial charge in [-0.1, -0.05) is 0 Å². The molecule has 0 aromatic carbocycles. The Morgan fingerprint density at radius 1 is 0.0737 bits per heavy atom. The molecule has 0 fully saturated rings. The summed E-state index contributed by atoms with van der Waals surface area (Å²) in [5.41, 5.74) is 0. The largest absolute Gasteiger partial charge is 2.00 e. The van der Waals surface area contributed by atoms with Crippen LogP contribution in [0, 0.1) is 0 Å². The van der Waals surface area contributed by atoms with Crippen LogP contribution < -0.4 is 0 Å². The zero-order chi connectivity index (χ0) is 67.7. The summed E-state index contributed by atoms with van der Waals surface area (Å²) in [7, 11) is 0. The Morgan fingerprint density at radius 3 is 0.0737 bits per heavy atom. The Bertz CT molecular complexity index is 675. The van der Waals surface area contributed by atoms with Gasteiger partial charge in [0.1, 0.15) is 0 Å². The van der Waals surface area contributed by atoms with Crippen LogP contribution in [-0.2, 0) is 120 Å². The molecule has 0 aromatic heterocycles. The maximum absolute atomic E-state index is 8.36. The van der Waals surface area contributed by atoms with Gasteiger partial charge in [-0.25, -0.2) is 0 Å². The minimum atomic E-state index is -0.250. The Balaban J connectivity index is -0.00000000632. The maximum Gasteiger partial charge on any atom is 2.00 e. The quantitative estimate of drug-likeness (QED) is 0.0791. The van der Waals surface area contributed by atoms with Crippen molar-refractivity contribution in [1.82, 2.24) is 0 Å². The van der Waals surface area contributed by atoms with Gasteiger partial charge in [-0.05, 0) is 0 Å². The van der Waals surface area contributed by atoms with Crippen molar-refractivity contribution in [3.8, 4) is 0 Å². The van der Waals surface area contributed by atoms with E-state index in [0.717, 1.165) is 0 Å². The van der Waals surface area contributed by atoms with Crippen LogP contribution in [0.25, 0.3) is 0 Å². The summed E-state index contributed by atoms with van der Waals surface area (Å²) < 4.78 is 0. The molecule has 95 heavy (non-hydrogen) atoms. The second kappa shape index (κ2) is 855. The minimum Gasteiger partial charge on any atom is -0.483 e. The molecule has 0 aromatic rings. The Labute approximate surface area is 1130 Å². The zero-order valence-electron chi connectivity index (χ0n) is 50.0. The molecular formula is C25H50Ca20O50+40. The van der Waals surface area contributed by atoms with E-state index in [4.69, 9.17) is 248 Å². The molecule has 0 heterocycles. The number of rotatable bonds is 0. The number of hydrogen-bond acceptors (Lipinski definition) is 25. The van der Waals surface area contributed by atoms with Crippen molar-refractivity contribution in [3.05, 3.63) is 0 Å². The van der Waals surface area contributed by atoms with E-state index in [-0.39, 0.29) is 917 Å². The van der Waals surface area contributed by atoms with Gasteiger partial charge in [0.25, 0.3) is 162 Å². The van der Waals surface area contributed by atoms with Gasteiger partial charge in [0, 0.05) is 0 Å². The van der Waals surface area contributed by atoms with E-state index in [1.54, 1.807) is 0 Å².